The van der Waals surface area contributed by atoms with Crippen molar-refractivity contribution in [3.8, 4) is 28.0 Å². The number of hydrogen-bond acceptors (Lipinski definition) is 1. The van der Waals surface area contributed by atoms with Crippen LogP contribution >= 0.6 is 0 Å². The fraction of sp³-hybridized carbons (Fsp3) is 0.0370. The van der Waals surface area contributed by atoms with Crippen molar-refractivity contribution in [1.82, 2.24) is 0 Å². The molecular formula is C27H15F5O. The SMILES string of the molecule is COc1cc(F)c(-c2c3ccccc3c(-c3ccc(F)cc3F)c3ccc(F)cc23)c(F)c1. The largest absolute Gasteiger partial charge is 0.497 e. The Morgan fingerprint density at radius 2 is 1.09 bits per heavy atom. The van der Waals surface area contributed by atoms with E-state index in [0.29, 0.717) is 21.7 Å². The van der Waals surface area contributed by atoms with Crippen LogP contribution in [0.1, 0.15) is 0 Å². The van der Waals surface area contributed by atoms with Crippen LogP contribution in [0.5, 0.6) is 5.75 Å². The van der Waals surface area contributed by atoms with Gasteiger partial charge in [0, 0.05) is 34.9 Å². The second-order valence-electron chi connectivity index (χ2n) is 7.58. The summed E-state index contributed by atoms with van der Waals surface area (Å²) in [6.07, 6.45) is 0. The summed E-state index contributed by atoms with van der Waals surface area (Å²) in [5.74, 6) is -3.95. The van der Waals surface area contributed by atoms with Crippen LogP contribution in [0.25, 0.3) is 43.8 Å². The first kappa shape index (κ1) is 20.9. The standard InChI is InChI=1S/C27H15F5O/c1-33-16-12-23(31)27(24(32)13-16)26-18-5-3-2-4-17(18)25(19-8-6-14(28)10-21(19)26)20-9-7-15(29)11-22(20)30/h2-13H,1H3. The van der Waals surface area contributed by atoms with Crippen molar-refractivity contribution in [2.75, 3.05) is 7.11 Å². The second-order valence-corrected chi connectivity index (χ2v) is 7.58. The van der Waals surface area contributed by atoms with Gasteiger partial charge in [-0.1, -0.05) is 30.3 Å². The molecule has 0 bridgehead atoms. The van der Waals surface area contributed by atoms with Gasteiger partial charge in [-0.15, -0.1) is 0 Å². The average molecular weight is 450 g/mol. The van der Waals surface area contributed by atoms with Crippen LogP contribution in [0.15, 0.2) is 72.8 Å². The third-order valence-corrected chi connectivity index (χ3v) is 5.69. The molecular weight excluding hydrogens is 435 g/mol. The Labute approximate surface area is 185 Å². The molecule has 0 aliphatic heterocycles. The molecule has 5 aromatic rings. The summed E-state index contributed by atoms with van der Waals surface area (Å²) in [6, 6.07) is 15.7. The number of rotatable bonds is 3. The molecule has 0 saturated carbocycles. The number of fused-ring (bicyclic) bond motifs is 2. The van der Waals surface area contributed by atoms with E-state index >= 15 is 8.78 Å². The van der Waals surface area contributed by atoms with E-state index in [4.69, 9.17) is 4.74 Å². The first-order chi connectivity index (χ1) is 15.9. The van der Waals surface area contributed by atoms with E-state index in [1.165, 1.54) is 25.3 Å². The van der Waals surface area contributed by atoms with Crippen molar-refractivity contribution in [3.05, 3.63) is 102 Å². The molecule has 0 atom stereocenters. The van der Waals surface area contributed by atoms with E-state index < -0.39 is 29.1 Å². The maximum atomic E-state index is 15.2. The maximum Gasteiger partial charge on any atom is 0.137 e. The first-order valence-corrected chi connectivity index (χ1v) is 10.0. The van der Waals surface area contributed by atoms with Crippen LogP contribution in [0.2, 0.25) is 0 Å². The monoisotopic (exact) mass is 450 g/mol. The zero-order valence-corrected chi connectivity index (χ0v) is 17.2. The number of benzene rings is 5. The van der Waals surface area contributed by atoms with Gasteiger partial charge in [0.05, 0.1) is 12.7 Å². The van der Waals surface area contributed by atoms with Crippen molar-refractivity contribution in [2.24, 2.45) is 0 Å². The summed E-state index contributed by atoms with van der Waals surface area (Å²) in [5.41, 5.74) is 0.236. The molecule has 0 N–H and O–H groups in total. The summed E-state index contributed by atoms with van der Waals surface area (Å²) >= 11 is 0. The van der Waals surface area contributed by atoms with Gasteiger partial charge < -0.3 is 4.74 Å². The van der Waals surface area contributed by atoms with E-state index in [2.05, 4.69) is 0 Å². The van der Waals surface area contributed by atoms with Gasteiger partial charge in [-0.2, -0.15) is 0 Å². The normalized spacial score (nSPS) is 11.3. The molecule has 5 aromatic carbocycles. The summed E-state index contributed by atoms with van der Waals surface area (Å²) in [7, 11) is 1.29. The molecule has 5 rings (SSSR count). The first-order valence-electron chi connectivity index (χ1n) is 10.0. The zero-order chi connectivity index (χ0) is 23.3. The maximum absolute atomic E-state index is 15.2. The lowest BCUT2D eigenvalue weighted by Gasteiger charge is -2.19. The molecule has 0 aromatic heterocycles. The lowest BCUT2D eigenvalue weighted by atomic mass is 9.85. The Bertz CT molecular complexity index is 1540. The molecule has 0 amide bonds. The third kappa shape index (κ3) is 3.39. The molecule has 0 fully saturated rings. The molecule has 0 aliphatic rings. The Morgan fingerprint density at radius 1 is 0.515 bits per heavy atom. The molecule has 33 heavy (non-hydrogen) atoms. The molecule has 1 nitrogen and oxygen atoms in total. The number of methoxy groups -OCH3 is 1. The highest BCUT2D eigenvalue weighted by molar-refractivity contribution is 6.21. The Balaban J connectivity index is 2.01. The van der Waals surface area contributed by atoms with Crippen LogP contribution < -0.4 is 4.74 Å². The molecule has 0 unspecified atom stereocenters. The fourth-order valence-corrected chi connectivity index (χ4v) is 4.31. The van der Waals surface area contributed by atoms with Crippen LogP contribution in [0.4, 0.5) is 22.0 Å². The summed E-state index contributed by atoms with van der Waals surface area (Å²) in [4.78, 5) is 0. The van der Waals surface area contributed by atoms with Crippen LogP contribution in [0, 0.1) is 29.1 Å². The average Bonchev–Trinajstić information content (AvgIpc) is 2.79. The van der Waals surface area contributed by atoms with E-state index in [1.807, 2.05) is 0 Å². The summed E-state index contributed by atoms with van der Waals surface area (Å²) in [6.45, 7) is 0. The number of hydrogen-bond donors (Lipinski definition) is 0. The predicted octanol–water partition coefficient (Wildman–Crippen LogP) is 8.03. The molecule has 0 heterocycles. The summed E-state index contributed by atoms with van der Waals surface area (Å²) < 4.78 is 78.1. The van der Waals surface area contributed by atoms with Crippen molar-refractivity contribution >= 4 is 21.5 Å². The van der Waals surface area contributed by atoms with Crippen molar-refractivity contribution in [3.63, 3.8) is 0 Å². The Kier molecular flexibility index (Phi) is 5.01. The highest BCUT2D eigenvalue weighted by Gasteiger charge is 2.23. The number of halogens is 5. The summed E-state index contributed by atoms with van der Waals surface area (Å²) in [5, 5.41) is 1.42. The molecule has 0 aliphatic carbocycles. The molecule has 0 saturated heterocycles. The predicted molar refractivity (Wildman–Crippen MR) is 119 cm³/mol. The van der Waals surface area contributed by atoms with Gasteiger partial charge in [0.15, 0.2) is 0 Å². The zero-order valence-electron chi connectivity index (χ0n) is 17.2. The molecule has 6 heteroatoms. The minimum Gasteiger partial charge on any atom is -0.497 e. The topological polar surface area (TPSA) is 9.23 Å². The molecule has 0 spiro atoms. The molecule has 164 valence electrons. The molecule has 0 radical (unpaired) electrons. The van der Waals surface area contributed by atoms with Crippen LogP contribution in [0.3, 0.4) is 0 Å². The van der Waals surface area contributed by atoms with E-state index in [9.17, 15) is 13.2 Å². The van der Waals surface area contributed by atoms with Crippen molar-refractivity contribution < 1.29 is 26.7 Å². The van der Waals surface area contributed by atoms with Gasteiger partial charge in [-0.05, 0) is 45.8 Å². The highest BCUT2D eigenvalue weighted by Crippen LogP contribution is 2.46. The Hall–Kier alpha value is -3.93. The lowest BCUT2D eigenvalue weighted by molar-refractivity contribution is 0.407. The van der Waals surface area contributed by atoms with Gasteiger partial charge in [0.1, 0.15) is 34.8 Å². The van der Waals surface area contributed by atoms with Gasteiger partial charge in [-0.3, -0.25) is 0 Å². The van der Waals surface area contributed by atoms with E-state index in [1.54, 1.807) is 24.3 Å². The minimum absolute atomic E-state index is 0.00135. The number of ether oxygens (including phenoxy) is 1. The third-order valence-electron chi connectivity index (χ3n) is 5.69. The van der Waals surface area contributed by atoms with Gasteiger partial charge in [0.2, 0.25) is 0 Å². The van der Waals surface area contributed by atoms with Gasteiger partial charge >= 0.3 is 0 Å². The fourth-order valence-electron chi connectivity index (χ4n) is 4.31. The van der Waals surface area contributed by atoms with Gasteiger partial charge in [0.25, 0.3) is 0 Å². The highest BCUT2D eigenvalue weighted by atomic mass is 19.1. The van der Waals surface area contributed by atoms with Crippen molar-refractivity contribution in [2.45, 2.75) is 0 Å². The Morgan fingerprint density at radius 3 is 1.73 bits per heavy atom. The second kappa shape index (κ2) is 7.89. The van der Waals surface area contributed by atoms with Gasteiger partial charge in [-0.25, -0.2) is 22.0 Å². The van der Waals surface area contributed by atoms with E-state index in [0.717, 1.165) is 30.3 Å². The smallest absolute Gasteiger partial charge is 0.137 e. The lowest BCUT2D eigenvalue weighted by Crippen LogP contribution is -1.98. The minimum atomic E-state index is -0.886. The van der Waals surface area contributed by atoms with Crippen molar-refractivity contribution in [1.29, 1.82) is 0 Å². The van der Waals surface area contributed by atoms with Crippen LogP contribution in [-0.4, -0.2) is 7.11 Å². The van der Waals surface area contributed by atoms with Crippen LogP contribution in [-0.2, 0) is 0 Å². The quantitative estimate of drug-likeness (QED) is 0.200. The van der Waals surface area contributed by atoms with E-state index in [-0.39, 0.29) is 27.8 Å².